The standard InChI is InChI=1S/C16H22N6O/c1-17-16-20-14(13-3-2-4-18-12-13)11-15(21-16)19-5-6-22-7-9-23-10-8-22/h2-4,11-12H,5-10H2,1H3,(H2,17,19,20,21). The van der Waals surface area contributed by atoms with Crippen molar-refractivity contribution in [2.75, 3.05) is 57.1 Å². The van der Waals surface area contributed by atoms with E-state index in [2.05, 4.69) is 30.5 Å². The third-order valence-electron chi connectivity index (χ3n) is 3.74. The van der Waals surface area contributed by atoms with Gasteiger partial charge in [0, 0.05) is 57.3 Å². The van der Waals surface area contributed by atoms with E-state index in [1.165, 1.54) is 0 Å². The zero-order valence-electron chi connectivity index (χ0n) is 13.3. The summed E-state index contributed by atoms with van der Waals surface area (Å²) in [5.41, 5.74) is 1.83. The van der Waals surface area contributed by atoms with Gasteiger partial charge in [0.25, 0.3) is 0 Å². The molecule has 0 aromatic carbocycles. The monoisotopic (exact) mass is 314 g/mol. The van der Waals surface area contributed by atoms with E-state index in [4.69, 9.17) is 4.74 Å². The molecule has 0 saturated carbocycles. The molecule has 0 amide bonds. The van der Waals surface area contributed by atoms with E-state index in [0.29, 0.717) is 5.95 Å². The van der Waals surface area contributed by atoms with E-state index in [1.807, 2.05) is 25.2 Å². The number of hydrogen-bond donors (Lipinski definition) is 2. The van der Waals surface area contributed by atoms with Crippen LogP contribution in [0.2, 0.25) is 0 Å². The van der Waals surface area contributed by atoms with Gasteiger partial charge < -0.3 is 15.4 Å². The summed E-state index contributed by atoms with van der Waals surface area (Å²) in [5, 5.41) is 6.39. The number of nitrogens with zero attached hydrogens (tertiary/aromatic N) is 4. The Morgan fingerprint density at radius 1 is 1.26 bits per heavy atom. The Bertz CT molecular complexity index is 615. The van der Waals surface area contributed by atoms with Gasteiger partial charge in [-0.3, -0.25) is 9.88 Å². The molecule has 1 fully saturated rings. The Hall–Kier alpha value is -2.25. The number of hydrogen-bond acceptors (Lipinski definition) is 7. The van der Waals surface area contributed by atoms with Crippen LogP contribution in [0, 0.1) is 0 Å². The summed E-state index contributed by atoms with van der Waals surface area (Å²) >= 11 is 0. The molecule has 7 nitrogen and oxygen atoms in total. The highest BCUT2D eigenvalue weighted by Crippen LogP contribution is 2.20. The van der Waals surface area contributed by atoms with Crippen LogP contribution >= 0.6 is 0 Å². The highest BCUT2D eigenvalue weighted by atomic mass is 16.5. The van der Waals surface area contributed by atoms with E-state index in [0.717, 1.165) is 56.5 Å². The summed E-state index contributed by atoms with van der Waals surface area (Å²) in [6, 6.07) is 5.85. The minimum absolute atomic E-state index is 0.597. The first-order chi connectivity index (χ1) is 11.3. The van der Waals surface area contributed by atoms with Crippen molar-refractivity contribution in [3.05, 3.63) is 30.6 Å². The smallest absolute Gasteiger partial charge is 0.224 e. The Kier molecular flexibility index (Phi) is 5.33. The van der Waals surface area contributed by atoms with Gasteiger partial charge in [-0.2, -0.15) is 4.98 Å². The van der Waals surface area contributed by atoms with Gasteiger partial charge in [0.05, 0.1) is 18.9 Å². The summed E-state index contributed by atoms with van der Waals surface area (Å²) < 4.78 is 5.36. The molecular weight excluding hydrogens is 292 g/mol. The third-order valence-corrected chi connectivity index (χ3v) is 3.74. The number of ether oxygens (including phenoxy) is 1. The molecule has 1 aliphatic rings. The molecule has 0 unspecified atom stereocenters. The summed E-state index contributed by atoms with van der Waals surface area (Å²) in [4.78, 5) is 15.5. The fourth-order valence-corrected chi connectivity index (χ4v) is 2.48. The molecule has 2 aromatic rings. The molecular formula is C16H22N6O. The van der Waals surface area contributed by atoms with Gasteiger partial charge in [0.15, 0.2) is 0 Å². The molecule has 1 saturated heterocycles. The highest BCUT2D eigenvalue weighted by Gasteiger charge is 2.10. The van der Waals surface area contributed by atoms with Gasteiger partial charge in [0.2, 0.25) is 5.95 Å². The van der Waals surface area contributed by atoms with Gasteiger partial charge in [-0.05, 0) is 12.1 Å². The molecule has 0 atom stereocenters. The molecule has 0 spiro atoms. The molecule has 7 heteroatoms. The van der Waals surface area contributed by atoms with Crippen LogP contribution in [-0.4, -0.2) is 66.3 Å². The highest BCUT2D eigenvalue weighted by molar-refractivity contribution is 5.63. The zero-order chi connectivity index (χ0) is 15.9. The second-order valence-corrected chi connectivity index (χ2v) is 5.33. The van der Waals surface area contributed by atoms with Gasteiger partial charge in [-0.15, -0.1) is 0 Å². The maximum atomic E-state index is 5.36. The molecule has 23 heavy (non-hydrogen) atoms. The maximum absolute atomic E-state index is 5.36. The molecule has 0 radical (unpaired) electrons. The minimum atomic E-state index is 0.597. The largest absolute Gasteiger partial charge is 0.379 e. The van der Waals surface area contributed by atoms with Crippen LogP contribution in [0.1, 0.15) is 0 Å². The Labute approximate surface area is 136 Å². The Morgan fingerprint density at radius 3 is 2.87 bits per heavy atom. The van der Waals surface area contributed by atoms with E-state index in [9.17, 15) is 0 Å². The van der Waals surface area contributed by atoms with Crippen molar-refractivity contribution in [3.63, 3.8) is 0 Å². The maximum Gasteiger partial charge on any atom is 0.224 e. The molecule has 0 aliphatic carbocycles. The lowest BCUT2D eigenvalue weighted by Gasteiger charge is -2.26. The lowest BCUT2D eigenvalue weighted by Crippen LogP contribution is -2.39. The van der Waals surface area contributed by atoms with E-state index in [-0.39, 0.29) is 0 Å². The summed E-state index contributed by atoms with van der Waals surface area (Å²) in [7, 11) is 1.82. The predicted octanol–water partition coefficient (Wildman–Crippen LogP) is 1.32. The van der Waals surface area contributed by atoms with Crippen molar-refractivity contribution in [1.29, 1.82) is 0 Å². The molecule has 0 bridgehead atoms. The van der Waals surface area contributed by atoms with Crippen molar-refractivity contribution < 1.29 is 4.74 Å². The Morgan fingerprint density at radius 2 is 2.13 bits per heavy atom. The topological polar surface area (TPSA) is 75.2 Å². The summed E-state index contributed by atoms with van der Waals surface area (Å²) in [6.07, 6.45) is 3.56. The summed E-state index contributed by atoms with van der Waals surface area (Å²) in [6.45, 7) is 5.45. The van der Waals surface area contributed by atoms with E-state index >= 15 is 0 Å². The average molecular weight is 314 g/mol. The average Bonchev–Trinajstić information content (AvgIpc) is 2.63. The van der Waals surface area contributed by atoms with Crippen molar-refractivity contribution in [3.8, 4) is 11.3 Å². The lowest BCUT2D eigenvalue weighted by molar-refractivity contribution is 0.0398. The van der Waals surface area contributed by atoms with E-state index < -0.39 is 0 Å². The van der Waals surface area contributed by atoms with Crippen LogP contribution in [-0.2, 0) is 4.74 Å². The van der Waals surface area contributed by atoms with Gasteiger partial charge in [-0.1, -0.05) is 0 Å². The van der Waals surface area contributed by atoms with Crippen LogP contribution in [0.25, 0.3) is 11.3 Å². The third kappa shape index (κ3) is 4.37. The van der Waals surface area contributed by atoms with Crippen LogP contribution in [0.4, 0.5) is 11.8 Å². The fraction of sp³-hybridized carbons (Fsp3) is 0.438. The number of morpholine rings is 1. The van der Waals surface area contributed by atoms with Crippen molar-refractivity contribution >= 4 is 11.8 Å². The van der Waals surface area contributed by atoms with Crippen molar-refractivity contribution in [1.82, 2.24) is 19.9 Å². The van der Waals surface area contributed by atoms with Crippen LogP contribution in [0.3, 0.4) is 0 Å². The second kappa shape index (κ2) is 7.85. The predicted molar refractivity (Wildman–Crippen MR) is 90.6 cm³/mol. The summed E-state index contributed by atoms with van der Waals surface area (Å²) in [5.74, 6) is 1.41. The number of anilines is 2. The SMILES string of the molecule is CNc1nc(NCCN2CCOCC2)cc(-c2cccnc2)n1. The van der Waals surface area contributed by atoms with Crippen molar-refractivity contribution in [2.24, 2.45) is 0 Å². The molecule has 122 valence electrons. The second-order valence-electron chi connectivity index (χ2n) is 5.33. The van der Waals surface area contributed by atoms with Crippen LogP contribution < -0.4 is 10.6 Å². The molecule has 3 rings (SSSR count). The first-order valence-electron chi connectivity index (χ1n) is 7.86. The van der Waals surface area contributed by atoms with E-state index in [1.54, 1.807) is 12.4 Å². The molecule has 3 heterocycles. The van der Waals surface area contributed by atoms with Gasteiger partial charge in [0.1, 0.15) is 5.82 Å². The van der Waals surface area contributed by atoms with Gasteiger partial charge in [-0.25, -0.2) is 4.98 Å². The Balaban J connectivity index is 1.66. The first kappa shape index (κ1) is 15.6. The fourth-order valence-electron chi connectivity index (χ4n) is 2.48. The minimum Gasteiger partial charge on any atom is -0.379 e. The van der Waals surface area contributed by atoms with Crippen LogP contribution in [0.5, 0.6) is 0 Å². The molecule has 1 aliphatic heterocycles. The first-order valence-corrected chi connectivity index (χ1v) is 7.86. The van der Waals surface area contributed by atoms with Gasteiger partial charge >= 0.3 is 0 Å². The number of rotatable bonds is 6. The molecule has 2 N–H and O–H groups in total. The quantitative estimate of drug-likeness (QED) is 0.833. The zero-order valence-corrected chi connectivity index (χ0v) is 13.3. The molecule has 2 aromatic heterocycles. The normalized spacial score (nSPS) is 15.3. The van der Waals surface area contributed by atoms with Crippen LogP contribution in [0.15, 0.2) is 30.6 Å². The van der Waals surface area contributed by atoms with Crippen molar-refractivity contribution in [2.45, 2.75) is 0 Å². The lowest BCUT2D eigenvalue weighted by atomic mass is 10.2. The number of aromatic nitrogens is 3. The number of nitrogens with one attached hydrogen (secondary N) is 2. The number of pyridine rings is 1.